The van der Waals surface area contributed by atoms with Crippen molar-refractivity contribution in [3.8, 4) is 22.6 Å². The number of hydrogen-bond acceptors (Lipinski definition) is 4. The minimum Gasteiger partial charge on any atom is -0.448 e. The Morgan fingerprint density at radius 3 is 2.63 bits per heavy atom. The van der Waals surface area contributed by atoms with Crippen molar-refractivity contribution >= 4 is 37.7 Å². The molecule has 0 saturated heterocycles. The molecule has 3 rings (SSSR count). The van der Waals surface area contributed by atoms with Crippen LogP contribution in [0.1, 0.15) is 0 Å². The number of benzene rings is 1. The van der Waals surface area contributed by atoms with Gasteiger partial charge in [0.05, 0.1) is 5.56 Å². The molecule has 0 unspecified atom stereocenters. The summed E-state index contributed by atoms with van der Waals surface area (Å²) in [6.07, 6.45) is 0. The number of nitrogens with two attached hydrogens (primary N) is 1. The maximum atomic E-state index is 5.87. The topological polar surface area (TPSA) is 65.2 Å². The van der Waals surface area contributed by atoms with Gasteiger partial charge in [-0.25, -0.2) is 0 Å². The van der Waals surface area contributed by atoms with E-state index in [4.69, 9.17) is 14.7 Å². The van der Waals surface area contributed by atoms with Crippen molar-refractivity contribution in [2.45, 2.75) is 0 Å². The van der Waals surface area contributed by atoms with Crippen molar-refractivity contribution in [3.63, 3.8) is 0 Å². The smallest absolute Gasteiger partial charge is 0.230 e. The first-order chi connectivity index (χ1) is 9.15. The SMILES string of the molecule is Nc1onc(-c2ccc(Br)o2)c1-c1cccc(Br)c1. The van der Waals surface area contributed by atoms with Crippen molar-refractivity contribution in [1.29, 1.82) is 0 Å². The third-order valence-corrected chi connectivity index (χ3v) is 3.56. The van der Waals surface area contributed by atoms with Crippen LogP contribution in [0, 0.1) is 0 Å². The van der Waals surface area contributed by atoms with Crippen LogP contribution < -0.4 is 5.73 Å². The normalized spacial score (nSPS) is 10.8. The molecule has 0 saturated carbocycles. The summed E-state index contributed by atoms with van der Waals surface area (Å²) in [4.78, 5) is 0. The van der Waals surface area contributed by atoms with Gasteiger partial charge in [-0.05, 0) is 45.8 Å². The molecule has 0 bridgehead atoms. The predicted molar refractivity (Wildman–Crippen MR) is 79.5 cm³/mol. The number of halogens is 2. The van der Waals surface area contributed by atoms with E-state index in [1.807, 2.05) is 30.3 Å². The van der Waals surface area contributed by atoms with Gasteiger partial charge in [-0.1, -0.05) is 33.2 Å². The lowest BCUT2D eigenvalue weighted by atomic mass is 10.0. The Balaban J connectivity index is 2.19. The summed E-state index contributed by atoms with van der Waals surface area (Å²) in [7, 11) is 0. The van der Waals surface area contributed by atoms with Crippen LogP contribution in [0.25, 0.3) is 22.6 Å². The number of nitrogens with zero attached hydrogens (tertiary/aromatic N) is 1. The van der Waals surface area contributed by atoms with Crippen LogP contribution in [0.2, 0.25) is 0 Å². The molecule has 0 aliphatic rings. The monoisotopic (exact) mass is 382 g/mol. The summed E-state index contributed by atoms with van der Waals surface area (Å²) in [5.74, 6) is 0.864. The number of rotatable bonds is 2. The van der Waals surface area contributed by atoms with Gasteiger partial charge in [-0.15, -0.1) is 0 Å². The van der Waals surface area contributed by atoms with Gasteiger partial charge in [0, 0.05) is 4.47 Å². The third kappa shape index (κ3) is 2.33. The maximum Gasteiger partial charge on any atom is 0.230 e. The van der Waals surface area contributed by atoms with E-state index in [-0.39, 0.29) is 5.88 Å². The second-order valence-corrected chi connectivity index (χ2v) is 5.58. The molecule has 0 fully saturated rings. The van der Waals surface area contributed by atoms with Crippen molar-refractivity contribution in [1.82, 2.24) is 5.16 Å². The lowest BCUT2D eigenvalue weighted by Crippen LogP contribution is -1.87. The molecule has 0 spiro atoms. The third-order valence-electron chi connectivity index (χ3n) is 2.64. The first kappa shape index (κ1) is 12.5. The van der Waals surface area contributed by atoms with E-state index in [1.165, 1.54) is 0 Å². The fourth-order valence-electron chi connectivity index (χ4n) is 1.84. The van der Waals surface area contributed by atoms with Crippen LogP contribution in [-0.2, 0) is 0 Å². The molecule has 3 aromatic rings. The first-order valence-electron chi connectivity index (χ1n) is 5.42. The van der Waals surface area contributed by atoms with E-state index >= 15 is 0 Å². The molecule has 0 aliphatic heterocycles. The highest BCUT2D eigenvalue weighted by Gasteiger charge is 2.20. The van der Waals surface area contributed by atoms with Crippen LogP contribution in [0.15, 0.2) is 54.5 Å². The molecule has 2 N–H and O–H groups in total. The number of furan rings is 1. The summed E-state index contributed by atoms with van der Waals surface area (Å²) >= 11 is 6.70. The molecule has 0 amide bonds. The van der Waals surface area contributed by atoms with Gasteiger partial charge < -0.3 is 14.7 Å². The summed E-state index contributed by atoms with van der Waals surface area (Å²) in [5, 5.41) is 3.98. The van der Waals surface area contributed by atoms with Gasteiger partial charge in [-0.2, -0.15) is 0 Å². The molecule has 19 heavy (non-hydrogen) atoms. The Kier molecular flexibility index (Phi) is 3.20. The second kappa shape index (κ2) is 4.86. The van der Waals surface area contributed by atoms with E-state index in [9.17, 15) is 0 Å². The van der Waals surface area contributed by atoms with Gasteiger partial charge in [0.25, 0.3) is 0 Å². The van der Waals surface area contributed by atoms with Gasteiger partial charge in [-0.3, -0.25) is 0 Å². The molecule has 4 nitrogen and oxygen atoms in total. The molecule has 0 radical (unpaired) electrons. The van der Waals surface area contributed by atoms with Crippen molar-refractivity contribution in [2.75, 3.05) is 5.73 Å². The Bertz CT molecular complexity index is 734. The Morgan fingerprint density at radius 1 is 1.11 bits per heavy atom. The number of aromatic nitrogens is 1. The van der Waals surface area contributed by atoms with Gasteiger partial charge >= 0.3 is 0 Å². The highest BCUT2D eigenvalue weighted by Crippen LogP contribution is 2.38. The predicted octanol–water partition coefficient (Wildman–Crippen LogP) is 4.71. The fraction of sp³-hybridized carbons (Fsp3) is 0. The van der Waals surface area contributed by atoms with Crippen LogP contribution in [-0.4, -0.2) is 5.16 Å². The van der Waals surface area contributed by atoms with Crippen LogP contribution in [0.4, 0.5) is 5.88 Å². The van der Waals surface area contributed by atoms with Crippen LogP contribution in [0.5, 0.6) is 0 Å². The van der Waals surface area contributed by atoms with Crippen molar-refractivity contribution in [2.24, 2.45) is 0 Å². The van der Waals surface area contributed by atoms with E-state index in [2.05, 4.69) is 37.0 Å². The number of hydrogen-bond donors (Lipinski definition) is 1. The molecule has 2 heterocycles. The zero-order valence-corrected chi connectivity index (χ0v) is 12.7. The summed E-state index contributed by atoms with van der Waals surface area (Å²) in [6, 6.07) is 11.4. The molecule has 0 atom stereocenters. The zero-order chi connectivity index (χ0) is 13.4. The van der Waals surface area contributed by atoms with E-state index in [0.29, 0.717) is 16.1 Å². The maximum absolute atomic E-state index is 5.87. The lowest BCUT2D eigenvalue weighted by molar-refractivity contribution is 0.435. The molecule has 2 aromatic heterocycles. The van der Waals surface area contributed by atoms with Crippen LogP contribution >= 0.6 is 31.9 Å². The van der Waals surface area contributed by atoms with Gasteiger partial charge in [0.1, 0.15) is 0 Å². The van der Waals surface area contributed by atoms with E-state index < -0.39 is 0 Å². The molecule has 0 aliphatic carbocycles. The first-order valence-corrected chi connectivity index (χ1v) is 7.00. The largest absolute Gasteiger partial charge is 0.448 e. The van der Waals surface area contributed by atoms with Gasteiger partial charge in [0.15, 0.2) is 16.1 Å². The zero-order valence-electron chi connectivity index (χ0n) is 9.56. The molecule has 6 heteroatoms. The second-order valence-electron chi connectivity index (χ2n) is 3.88. The highest BCUT2D eigenvalue weighted by atomic mass is 79.9. The molecular weight excluding hydrogens is 376 g/mol. The molecule has 96 valence electrons. The quantitative estimate of drug-likeness (QED) is 0.695. The Morgan fingerprint density at radius 2 is 1.95 bits per heavy atom. The average Bonchev–Trinajstić information content (AvgIpc) is 2.95. The van der Waals surface area contributed by atoms with E-state index in [0.717, 1.165) is 15.6 Å². The Hall–Kier alpha value is -1.53. The summed E-state index contributed by atoms with van der Waals surface area (Å²) in [6.45, 7) is 0. The van der Waals surface area contributed by atoms with Crippen molar-refractivity contribution in [3.05, 3.63) is 45.5 Å². The standard InChI is InChI=1S/C13H8Br2N2O2/c14-8-3-1-2-7(6-8)11-12(17-19-13(11)16)9-4-5-10(15)18-9/h1-6H,16H2. The summed E-state index contributed by atoms with van der Waals surface area (Å²) in [5.41, 5.74) is 8.09. The highest BCUT2D eigenvalue weighted by molar-refractivity contribution is 9.10. The van der Waals surface area contributed by atoms with Crippen molar-refractivity contribution < 1.29 is 8.94 Å². The fourth-order valence-corrected chi connectivity index (χ4v) is 2.54. The Labute approximate surface area is 125 Å². The number of anilines is 1. The number of nitrogen functional groups attached to an aromatic ring is 1. The van der Waals surface area contributed by atoms with E-state index in [1.54, 1.807) is 6.07 Å². The average molecular weight is 384 g/mol. The minimum absolute atomic E-state index is 0.264. The molecular formula is C13H8Br2N2O2. The lowest BCUT2D eigenvalue weighted by Gasteiger charge is -2.01. The van der Waals surface area contributed by atoms with Gasteiger partial charge in [0.2, 0.25) is 5.88 Å². The minimum atomic E-state index is 0.264. The van der Waals surface area contributed by atoms with Crippen LogP contribution in [0.3, 0.4) is 0 Å². The molecule has 1 aromatic carbocycles. The summed E-state index contributed by atoms with van der Waals surface area (Å²) < 4.78 is 12.2.